The maximum absolute atomic E-state index is 12.7. The summed E-state index contributed by atoms with van der Waals surface area (Å²) in [5, 5.41) is 0. The summed E-state index contributed by atoms with van der Waals surface area (Å²) in [6, 6.07) is 20.5. The maximum atomic E-state index is 12.7. The second-order valence-electron chi connectivity index (χ2n) is 6.48. The highest BCUT2D eigenvalue weighted by Gasteiger charge is 2.28. The molecule has 146 valence electrons. The predicted octanol–water partition coefficient (Wildman–Crippen LogP) is 4.90. The van der Waals surface area contributed by atoms with Gasteiger partial charge in [0.1, 0.15) is 29.6 Å². The van der Waals surface area contributed by atoms with E-state index < -0.39 is 0 Å². The Morgan fingerprint density at radius 1 is 0.897 bits per heavy atom. The lowest BCUT2D eigenvalue weighted by atomic mass is 10.1. The average Bonchev–Trinajstić information content (AvgIpc) is 3.08. The summed E-state index contributed by atoms with van der Waals surface area (Å²) in [5.41, 5.74) is 2.30. The molecular weight excluding hydrogens is 368 g/mol. The number of allylic oxidation sites excluding steroid dienone is 1. The topological polar surface area (TPSA) is 54.0 Å². The summed E-state index contributed by atoms with van der Waals surface area (Å²) in [6.45, 7) is 0.444. The van der Waals surface area contributed by atoms with Gasteiger partial charge in [0.2, 0.25) is 5.78 Å². The lowest BCUT2D eigenvalue weighted by molar-refractivity contribution is 0.101. The van der Waals surface area contributed by atoms with Crippen molar-refractivity contribution in [3.63, 3.8) is 0 Å². The van der Waals surface area contributed by atoms with Gasteiger partial charge in [0.05, 0.1) is 19.8 Å². The fourth-order valence-electron chi connectivity index (χ4n) is 3.08. The summed E-state index contributed by atoms with van der Waals surface area (Å²) in [6.07, 6.45) is 1.67. The van der Waals surface area contributed by atoms with Crippen molar-refractivity contribution in [2.24, 2.45) is 0 Å². The molecule has 1 heterocycles. The van der Waals surface area contributed by atoms with E-state index >= 15 is 0 Å². The highest BCUT2D eigenvalue weighted by molar-refractivity contribution is 6.14. The second kappa shape index (κ2) is 8.10. The first-order valence-electron chi connectivity index (χ1n) is 9.15. The Bertz CT molecular complexity index is 1070. The first-order chi connectivity index (χ1) is 14.2. The quantitative estimate of drug-likeness (QED) is 0.562. The van der Waals surface area contributed by atoms with Crippen molar-refractivity contribution in [2.75, 3.05) is 14.2 Å². The Kier molecular flexibility index (Phi) is 5.20. The van der Waals surface area contributed by atoms with Crippen LogP contribution in [0.4, 0.5) is 0 Å². The number of Topliss-reactive ketones (excluding diaryl/α,β-unsaturated/α-hetero) is 1. The Morgan fingerprint density at radius 3 is 2.45 bits per heavy atom. The van der Waals surface area contributed by atoms with E-state index in [1.54, 1.807) is 50.6 Å². The third-order valence-corrected chi connectivity index (χ3v) is 4.62. The lowest BCUT2D eigenvalue weighted by Gasteiger charge is -2.08. The molecule has 0 aliphatic carbocycles. The smallest absolute Gasteiger partial charge is 0.231 e. The van der Waals surface area contributed by atoms with Gasteiger partial charge in [-0.25, -0.2) is 0 Å². The van der Waals surface area contributed by atoms with Crippen LogP contribution < -0.4 is 18.9 Å². The number of carbonyl (C=O) groups is 1. The normalized spacial score (nSPS) is 13.7. The molecular formula is C24H20O5. The van der Waals surface area contributed by atoms with Crippen molar-refractivity contribution in [2.45, 2.75) is 6.61 Å². The summed E-state index contributed by atoms with van der Waals surface area (Å²) in [4.78, 5) is 12.7. The van der Waals surface area contributed by atoms with Crippen molar-refractivity contribution < 1.29 is 23.7 Å². The maximum Gasteiger partial charge on any atom is 0.231 e. The Morgan fingerprint density at radius 2 is 1.69 bits per heavy atom. The molecule has 0 amide bonds. The van der Waals surface area contributed by atoms with Crippen LogP contribution in [0.5, 0.6) is 23.0 Å². The van der Waals surface area contributed by atoms with Gasteiger partial charge >= 0.3 is 0 Å². The summed E-state index contributed by atoms with van der Waals surface area (Å²) in [5.74, 6) is 2.46. The third kappa shape index (κ3) is 3.94. The van der Waals surface area contributed by atoms with E-state index in [1.165, 1.54) is 0 Å². The Labute approximate surface area is 169 Å². The molecule has 0 radical (unpaired) electrons. The van der Waals surface area contributed by atoms with Crippen LogP contribution >= 0.6 is 0 Å². The van der Waals surface area contributed by atoms with E-state index in [2.05, 4.69) is 0 Å². The largest absolute Gasteiger partial charge is 0.497 e. The van der Waals surface area contributed by atoms with Crippen LogP contribution in [-0.2, 0) is 6.61 Å². The molecule has 5 nitrogen and oxygen atoms in total. The van der Waals surface area contributed by atoms with Gasteiger partial charge in [0.25, 0.3) is 0 Å². The van der Waals surface area contributed by atoms with Crippen LogP contribution in [-0.4, -0.2) is 20.0 Å². The molecule has 4 rings (SSSR count). The van der Waals surface area contributed by atoms with Crippen molar-refractivity contribution in [1.29, 1.82) is 0 Å². The van der Waals surface area contributed by atoms with Crippen LogP contribution in [0.25, 0.3) is 6.08 Å². The van der Waals surface area contributed by atoms with Crippen LogP contribution in [0.15, 0.2) is 72.5 Å². The third-order valence-electron chi connectivity index (χ3n) is 4.62. The minimum Gasteiger partial charge on any atom is -0.497 e. The molecule has 5 heteroatoms. The SMILES string of the molecule is COc1ccc(/C=C2/Oc3cc(OCc4ccccc4)ccc3C2=O)c(OC)c1. The number of benzene rings is 3. The second-order valence-corrected chi connectivity index (χ2v) is 6.48. The molecule has 0 saturated heterocycles. The minimum atomic E-state index is -0.174. The predicted molar refractivity (Wildman–Crippen MR) is 110 cm³/mol. The molecule has 0 fully saturated rings. The zero-order chi connectivity index (χ0) is 20.2. The van der Waals surface area contributed by atoms with Crippen LogP contribution in [0.1, 0.15) is 21.5 Å². The van der Waals surface area contributed by atoms with Gasteiger partial charge in [-0.2, -0.15) is 0 Å². The zero-order valence-electron chi connectivity index (χ0n) is 16.2. The summed E-state index contributed by atoms with van der Waals surface area (Å²) < 4.78 is 22.2. The molecule has 0 saturated carbocycles. The van der Waals surface area contributed by atoms with E-state index in [0.717, 1.165) is 11.1 Å². The molecule has 1 aliphatic heterocycles. The van der Waals surface area contributed by atoms with E-state index in [1.807, 2.05) is 36.4 Å². The number of ketones is 1. The Balaban J connectivity index is 1.54. The van der Waals surface area contributed by atoms with Gasteiger partial charge < -0.3 is 18.9 Å². The lowest BCUT2D eigenvalue weighted by Crippen LogP contribution is -1.99. The molecule has 0 atom stereocenters. The van der Waals surface area contributed by atoms with Gasteiger partial charge in [-0.15, -0.1) is 0 Å². The van der Waals surface area contributed by atoms with Gasteiger partial charge in [0, 0.05) is 17.7 Å². The average molecular weight is 388 g/mol. The van der Waals surface area contributed by atoms with E-state index in [0.29, 0.717) is 35.2 Å². The van der Waals surface area contributed by atoms with Gasteiger partial charge in [0.15, 0.2) is 5.76 Å². The fraction of sp³-hybridized carbons (Fsp3) is 0.125. The number of carbonyl (C=O) groups excluding carboxylic acids is 1. The molecule has 1 aliphatic rings. The number of rotatable bonds is 6. The highest BCUT2D eigenvalue weighted by Crippen LogP contribution is 2.36. The van der Waals surface area contributed by atoms with Crippen LogP contribution in [0.3, 0.4) is 0 Å². The molecule has 3 aromatic rings. The molecule has 0 bridgehead atoms. The number of fused-ring (bicyclic) bond motifs is 1. The number of hydrogen-bond donors (Lipinski definition) is 0. The van der Waals surface area contributed by atoms with E-state index in [9.17, 15) is 4.79 Å². The highest BCUT2D eigenvalue weighted by atomic mass is 16.5. The standard InChI is InChI=1S/C24H20O5/c1-26-18-9-8-17(21(13-18)27-2)12-23-24(25)20-11-10-19(14-22(20)29-23)28-15-16-6-4-3-5-7-16/h3-14H,15H2,1-2H3/b23-12+. The van der Waals surface area contributed by atoms with E-state index in [-0.39, 0.29) is 11.5 Å². The molecule has 3 aromatic carbocycles. The van der Waals surface area contributed by atoms with E-state index in [4.69, 9.17) is 18.9 Å². The van der Waals surface area contributed by atoms with Crippen LogP contribution in [0.2, 0.25) is 0 Å². The zero-order valence-corrected chi connectivity index (χ0v) is 16.2. The summed E-state index contributed by atoms with van der Waals surface area (Å²) >= 11 is 0. The first-order valence-corrected chi connectivity index (χ1v) is 9.15. The first kappa shape index (κ1) is 18.6. The van der Waals surface area contributed by atoms with Gasteiger partial charge in [-0.1, -0.05) is 30.3 Å². The van der Waals surface area contributed by atoms with Crippen molar-refractivity contribution in [3.8, 4) is 23.0 Å². The van der Waals surface area contributed by atoms with Crippen molar-refractivity contribution in [3.05, 3.63) is 89.2 Å². The molecule has 0 unspecified atom stereocenters. The monoisotopic (exact) mass is 388 g/mol. The van der Waals surface area contributed by atoms with Crippen molar-refractivity contribution >= 4 is 11.9 Å². The van der Waals surface area contributed by atoms with Gasteiger partial charge in [-0.3, -0.25) is 4.79 Å². The van der Waals surface area contributed by atoms with Crippen molar-refractivity contribution in [1.82, 2.24) is 0 Å². The minimum absolute atomic E-state index is 0.174. The number of hydrogen-bond acceptors (Lipinski definition) is 5. The number of ether oxygens (including phenoxy) is 4. The Hall–Kier alpha value is -3.73. The molecule has 0 spiro atoms. The molecule has 29 heavy (non-hydrogen) atoms. The van der Waals surface area contributed by atoms with Gasteiger partial charge in [-0.05, 0) is 35.9 Å². The fourth-order valence-corrected chi connectivity index (χ4v) is 3.08. The molecule has 0 N–H and O–H groups in total. The summed E-state index contributed by atoms with van der Waals surface area (Å²) in [7, 11) is 3.16. The molecule has 0 aromatic heterocycles. The van der Waals surface area contributed by atoms with Crippen LogP contribution in [0, 0.1) is 0 Å². The number of methoxy groups -OCH3 is 2.